The molecule has 0 aromatic carbocycles. The highest BCUT2D eigenvalue weighted by Crippen LogP contribution is 2.08. The van der Waals surface area contributed by atoms with Crippen molar-refractivity contribution in [2.75, 3.05) is 5.33 Å². The average Bonchev–Trinajstić information content (AvgIpc) is 2.04. The molecule has 0 aliphatic heterocycles. The second-order valence-electron chi connectivity index (χ2n) is 1.96. The van der Waals surface area contributed by atoms with Crippen LogP contribution in [-0.2, 0) is 0 Å². The number of hydrogen-bond donors (Lipinski definition) is 0. The molecule has 0 fully saturated rings. The van der Waals surface area contributed by atoms with Crippen molar-refractivity contribution >= 4 is 37.9 Å². The fraction of sp³-hybridized carbons (Fsp3) is 0.125. The Morgan fingerprint density at radius 3 is 2.82 bits per heavy atom. The first kappa shape index (κ1) is 8.94. The number of rotatable bonds is 2. The van der Waals surface area contributed by atoms with Crippen LogP contribution in [0.15, 0.2) is 28.9 Å². The van der Waals surface area contributed by atoms with E-state index in [1.807, 2.05) is 24.3 Å². The molecule has 0 saturated carbocycles. The minimum atomic E-state index is 0.866. The summed E-state index contributed by atoms with van der Waals surface area (Å²) in [6.07, 6.45) is 5.77. The van der Waals surface area contributed by atoms with Gasteiger partial charge in [0.05, 0.1) is 5.69 Å². The summed E-state index contributed by atoms with van der Waals surface area (Å²) in [5, 5.41) is 0.866. The number of allylic oxidation sites excluding steroid dienone is 1. The van der Waals surface area contributed by atoms with Gasteiger partial charge in [-0.15, -0.1) is 0 Å². The Labute approximate surface area is 82.8 Å². The third-order valence-corrected chi connectivity index (χ3v) is 1.97. The van der Waals surface area contributed by atoms with Gasteiger partial charge in [0.1, 0.15) is 0 Å². The van der Waals surface area contributed by atoms with Crippen molar-refractivity contribution in [3.8, 4) is 0 Å². The zero-order valence-electron chi connectivity index (χ0n) is 5.80. The first-order chi connectivity index (χ1) is 5.33. The number of nitrogens with zero attached hydrogens (tertiary/aromatic N) is 1. The van der Waals surface area contributed by atoms with Crippen LogP contribution in [0, 0.1) is 0 Å². The summed E-state index contributed by atoms with van der Waals surface area (Å²) in [7, 11) is 0. The summed E-state index contributed by atoms with van der Waals surface area (Å²) in [6, 6.07) is 3.93. The zero-order chi connectivity index (χ0) is 8.10. The van der Waals surface area contributed by atoms with Crippen molar-refractivity contribution in [1.29, 1.82) is 0 Å². The quantitative estimate of drug-likeness (QED) is 0.756. The van der Waals surface area contributed by atoms with Crippen molar-refractivity contribution in [3.05, 3.63) is 34.6 Å². The summed E-state index contributed by atoms with van der Waals surface area (Å²) in [5.74, 6) is 0. The van der Waals surface area contributed by atoms with Gasteiger partial charge in [0, 0.05) is 16.0 Å². The smallest absolute Gasteiger partial charge is 0.0627 e. The Kier molecular flexibility index (Phi) is 3.80. The lowest BCUT2D eigenvalue weighted by Crippen LogP contribution is -1.77. The Morgan fingerprint density at radius 1 is 1.45 bits per heavy atom. The fourth-order valence-electron chi connectivity index (χ4n) is 0.651. The van der Waals surface area contributed by atoms with Crippen molar-refractivity contribution in [1.82, 2.24) is 4.98 Å². The van der Waals surface area contributed by atoms with Crippen LogP contribution in [0.5, 0.6) is 0 Å². The molecule has 1 nitrogen and oxygen atoms in total. The molecule has 0 atom stereocenters. The van der Waals surface area contributed by atoms with Crippen LogP contribution < -0.4 is 0 Å². The van der Waals surface area contributed by atoms with Crippen LogP contribution in [0.4, 0.5) is 0 Å². The number of hydrogen-bond acceptors (Lipinski definition) is 1. The molecule has 1 heterocycles. The van der Waals surface area contributed by atoms with Gasteiger partial charge in [0.2, 0.25) is 0 Å². The Bertz CT molecular complexity index is 241. The van der Waals surface area contributed by atoms with Crippen molar-refractivity contribution < 1.29 is 0 Å². The SMILES string of the molecule is BrC/C=C/c1ccc(Br)cn1. The molecule has 1 aromatic heterocycles. The maximum absolute atomic E-state index is 4.16. The number of alkyl halides is 1. The van der Waals surface area contributed by atoms with Crippen molar-refractivity contribution in [3.63, 3.8) is 0 Å². The first-order valence-electron chi connectivity index (χ1n) is 3.17. The van der Waals surface area contributed by atoms with Gasteiger partial charge in [-0.05, 0) is 34.1 Å². The van der Waals surface area contributed by atoms with E-state index in [-0.39, 0.29) is 0 Å². The zero-order valence-corrected chi connectivity index (χ0v) is 8.97. The molecule has 0 aliphatic carbocycles. The summed E-state index contributed by atoms with van der Waals surface area (Å²) in [4.78, 5) is 4.16. The third kappa shape index (κ3) is 3.16. The van der Waals surface area contributed by atoms with Gasteiger partial charge in [-0.25, -0.2) is 0 Å². The lowest BCUT2D eigenvalue weighted by atomic mass is 10.3. The van der Waals surface area contributed by atoms with Crippen molar-refractivity contribution in [2.45, 2.75) is 0 Å². The maximum Gasteiger partial charge on any atom is 0.0627 e. The molecule has 1 rings (SSSR count). The van der Waals surface area contributed by atoms with Gasteiger partial charge >= 0.3 is 0 Å². The van der Waals surface area contributed by atoms with Crippen LogP contribution in [0.3, 0.4) is 0 Å². The Morgan fingerprint density at radius 2 is 2.27 bits per heavy atom. The predicted molar refractivity (Wildman–Crippen MR) is 54.8 cm³/mol. The molecule has 0 spiro atoms. The largest absolute Gasteiger partial charge is 0.256 e. The number of pyridine rings is 1. The second kappa shape index (κ2) is 4.67. The Hall–Kier alpha value is -0.150. The standard InChI is InChI=1S/C8H7Br2N/c9-5-1-2-8-4-3-7(10)6-11-8/h1-4,6H,5H2/b2-1+. The summed E-state index contributed by atoms with van der Waals surface area (Å²) in [5.41, 5.74) is 0.979. The Balaban J connectivity index is 2.73. The summed E-state index contributed by atoms with van der Waals surface area (Å²) in [6.45, 7) is 0. The molecule has 0 N–H and O–H groups in total. The van der Waals surface area contributed by atoms with Crippen LogP contribution in [0.2, 0.25) is 0 Å². The van der Waals surface area contributed by atoms with E-state index in [0.717, 1.165) is 15.5 Å². The second-order valence-corrected chi connectivity index (χ2v) is 3.52. The molecule has 0 radical (unpaired) electrons. The molecule has 11 heavy (non-hydrogen) atoms. The van der Waals surface area contributed by atoms with Crippen molar-refractivity contribution in [2.24, 2.45) is 0 Å². The number of halogens is 2. The molecular formula is C8H7Br2N. The van der Waals surface area contributed by atoms with E-state index >= 15 is 0 Å². The van der Waals surface area contributed by atoms with E-state index in [9.17, 15) is 0 Å². The van der Waals surface area contributed by atoms with Gasteiger partial charge in [0.25, 0.3) is 0 Å². The minimum Gasteiger partial charge on any atom is -0.256 e. The van der Waals surface area contributed by atoms with E-state index in [1.54, 1.807) is 6.20 Å². The highest BCUT2D eigenvalue weighted by molar-refractivity contribution is 9.10. The van der Waals surface area contributed by atoms with E-state index in [1.165, 1.54) is 0 Å². The van der Waals surface area contributed by atoms with E-state index in [0.29, 0.717) is 0 Å². The number of aromatic nitrogens is 1. The lowest BCUT2D eigenvalue weighted by Gasteiger charge is -1.91. The minimum absolute atomic E-state index is 0.866. The summed E-state index contributed by atoms with van der Waals surface area (Å²) < 4.78 is 1.01. The van der Waals surface area contributed by atoms with Gasteiger partial charge in [0.15, 0.2) is 0 Å². The molecular weight excluding hydrogens is 270 g/mol. The molecule has 0 unspecified atom stereocenters. The molecule has 0 saturated heterocycles. The normalized spacial score (nSPS) is 10.7. The predicted octanol–water partition coefficient (Wildman–Crippen LogP) is 3.25. The molecule has 0 bridgehead atoms. The highest BCUT2D eigenvalue weighted by Gasteiger charge is 1.86. The molecule has 1 aromatic rings. The average molecular weight is 277 g/mol. The monoisotopic (exact) mass is 275 g/mol. The third-order valence-electron chi connectivity index (χ3n) is 1.13. The first-order valence-corrected chi connectivity index (χ1v) is 5.08. The van der Waals surface area contributed by atoms with Gasteiger partial charge in [-0.2, -0.15) is 0 Å². The van der Waals surface area contributed by atoms with E-state index < -0.39 is 0 Å². The molecule has 58 valence electrons. The molecule has 3 heteroatoms. The van der Waals surface area contributed by atoms with Gasteiger partial charge < -0.3 is 0 Å². The van der Waals surface area contributed by atoms with Crippen LogP contribution >= 0.6 is 31.9 Å². The maximum atomic E-state index is 4.16. The van der Waals surface area contributed by atoms with Crippen LogP contribution in [0.25, 0.3) is 6.08 Å². The van der Waals surface area contributed by atoms with E-state index in [4.69, 9.17) is 0 Å². The van der Waals surface area contributed by atoms with E-state index in [2.05, 4.69) is 36.8 Å². The topological polar surface area (TPSA) is 12.9 Å². The highest BCUT2D eigenvalue weighted by atomic mass is 79.9. The van der Waals surface area contributed by atoms with Gasteiger partial charge in [-0.1, -0.05) is 22.0 Å². The lowest BCUT2D eigenvalue weighted by molar-refractivity contribution is 1.28. The molecule has 0 amide bonds. The van der Waals surface area contributed by atoms with Crippen LogP contribution in [0.1, 0.15) is 5.69 Å². The van der Waals surface area contributed by atoms with Crippen LogP contribution in [-0.4, -0.2) is 10.3 Å². The summed E-state index contributed by atoms with van der Waals surface area (Å²) >= 11 is 6.62. The fourth-order valence-corrected chi connectivity index (χ4v) is 1.07. The van der Waals surface area contributed by atoms with Gasteiger partial charge in [-0.3, -0.25) is 4.98 Å². The molecule has 0 aliphatic rings.